The molecule has 0 saturated heterocycles. The highest BCUT2D eigenvalue weighted by molar-refractivity contribution is 7.22. The third-order valence-electron chi connectivity index (χ3n) is 5.37. The summed E-state index contributed by atoms with van der Waals surface area (Å²) >= 11 is 1.04. The number of carbonyl (C=O) groups is 1. The number of rotatable bonds is 4. The van der Waals surface area contributed by atoms with Crippen molar-refractivity contribution in [2.75, 3.05) is 5.32 Å². The van der Waals surface area contributed by atoms with Crippen molar-refractivity contribution in [2.24, 2.45) is 5.92 Å². The van der Waals surface area contributed by atoms with E-state index in [4.69, 9.17) is 0 Å². The molecule has 166 valence electrons. The number of carbonyl (C=O) groups excluding carboxylic acids is 1. The Morgan fingerprint density at radius 2 is 2.06 bits per heavy atom. The molecule has 3 heterocycles. The number of amides is 1. The van der Waals surface area contributed by atoms with E-state index in [1.54, 1.807) is 13.0 Å². The van der Waals surface area contributed by atoms with Crippen LogP contribution < -0.4 is 5.32 Å². The number of aromatic amines is 1. The van der Waals surface area contributed by atoms with Crippen LogP contribution in [0.5, 0.6) is 0 Å². The van der Waals surface area contributed by atoms with Crippen LogP contribution in [0.15, 0.2) is 18.3 Å². The van der Waals surface area contributed by atoms with Crippen LogP contribution >= 0.6 is 11.3 Å². The Morgan fingerprint density at radius 3 is 2.72 bits per heavy atom. The average Bonchev–Trinajstić information content (AvgIpc) is 3.10. The quantitative estimate of drug-likeness (QED) is 0.402. The maximum atomic E-state index is 15.0. The molecule has 2 N–H and O–H groups in total. The van der Waals surface area contributed by atoms with Crippen LogP contribution in [-0.4, -0.2) is 32.2 Å². The van der Waals surface area contributed by atoms with Gasteiger partial charge in [0.1, 0.15) is 27.9 Å². The molecule has 1 fully saturated rings. The Kier molecular flexibility index (Phi) is 4.66. The first kappa shape index (κ1) is 20.7. The van der Waals surface area contributed by atoms with Crippen molar-refractivity contribution in [1.29, 1.82) is 0 Å². The van der Waals surface area contributed by atoms with Gasteiger partial charge in [0.15, 0.2) is 5.13 Å². The van der Waals surface area contributed by atoms with E-state index in [9.17, 15) is 22.4 Å². The summed E-state index contributed by atoms with van der Waals surface area (Å²) in [6.07, 6.45) is -4.65. The number of aromatic nitrogens is 4. The third kappa shape index (κ3) is 3.29. The summed E-state index contributed by atoms with van der Waals surface area (Å²) < 4.78 is 68.7. The first-order chi connectivity index (χ1) is 15.2. The number of alkyl halides is 4. The fourth-order valence-electron chi connectivity index (χ4n) is 3.73. The number of pyridine rings is 1. The Hall–Kier alpha value is -3.15. The maximum absolute atomic E-state index is 15.0. The zero-order chi connectivity index (χ0) is 22.8. The van der Waals surface area contributed by atoms with Gasteiger partial charge in [0.05, 0.1) is 23.3 Å². The highest BCUT2D eigenvalue weighted by Crippen LogP contribution is 2.43. The number of benzene rings is 1. The topological polar surface area (TPSA) is 83.6 Å². The molecule has 1 aliphatic carbocycles. The standard InChI is InChI=1S/C20H14F5N5OS/c1-2-7-13(9-6-26-30-16(9)14(15(7)22)20(23,24)25)11-3-4-12-18(27-11)32-19(28-12)29-17(31)8-5-10(8)21/h3-4,6,8,10H,2,5H2,1H3,(H,26,30)(H,28,29,31)/t8-,10+/m1/s1. The van der Waals surface area contributed by atoms with Gasteiger partial charge in [-0.3, -0.25) is 9.89 Å². The van der Waals surface area contributed by atoms with E-state index in [1.807, 2.05) is 0 Å². The van der Waals surface area contributed by atoms with Gasteiger partial charge in [-0.1, -0.05) is 18.3 Å². The molecule has 1 aromatic carbocycles. The van der Waals surface area contributed by atoms with Crippen LogP contribution in [-0.2, 0) is 17.4 Å². The Morgan fingerprint density at radius 1 is 1.31 bits per heavy atom. The molecule has 0 spiro atoms. The van der Waals surface area contributed by atoms with E-state index in [-0.39, 0.29) is 40.2 Å². The molecule has 6 nitrogen and oxygen atoms in total. The first-order valence-electron chi connectivity index (χ1n) is 9.66. The van der Waals surface area contributed by atoms with E-state index in [2.05, 4.69) is 25.5 Å². The minimum Gasteiger partial charge on any atom is -0.302 e. The maximum Gasteiger partial charge on any atom is 0.421 e. The van der Waals surface area contributed by atoms with Gasteiger partial charge in [-0.15, -0.1) is 0 Å². The predicted molar refractivity (Wildman–Crippen MR) is 108 cm³/mol. The minimum absolute atomic E-state index is 0.000861. The lowest BCUT2D eigenvalue weighted by Gasteiger charge is -2.16. The highest BCUT2D eigenvalue weighted by atomic mass is 32.1. The Labute approximate surface area is 180 Å². The Balaban J connectivity index is 1.63. The van der Waals surface area contributed by atoms with Crippen molar-refractivity contribution >= 4 is 43.6 Å². The number of thiazole rings is 1. The van der Waals surface area contributed by atoms with Gasteiger partial charge in [-0.05, 0) is 30.5 Å². The fourth-order valence-corrected chi connectivity index (χ4v) is 4.57. The predicted octanol–water partition coefficient (Wildman–Crippen LogP) is 5.25. The zero-order valence-corrected chi connectivity index (χ0v) is 17.2. The van der Waals surface area contributed by atoms with Gasteiger partial charge < -0.3 is 5.32 Å². The van der Waals surface area contributed by atoms with E-state index < -0.39 is 41.1 Å². The summed E-state index contributed by atoms with van der Waals surface area (Å²) in [6, 6.07) is 3.11. The monoisotopic (exact) mass is 467 g/mol. The van der Waals surface area contributed by atoms with Crippen molar-refractivity contribution < 1.29 is 26.7 Å². The number of hydrogen-bond donors (Lipinski definition) is 2. The molecule has 1 amide bonds. The molecule has 0 bridgehead atoms. The molecule has 3 aromatic heterocycles. The van der Waals surface area contributed by atoms with Crippen molar-refractivity contribution in [3.63, 3.8) is 0 Å². The van der Waals surface area contributed by atoms with Crippen molar-refractivity contribution in [1.82, 2.24) is 20.2 Å². The van der Waals surface area contributed by atoms with Gasteiger partial charge >= 0.3 is 6.18 Å². The minimum atomic E-state index is -4.90. The van der Waals surface area contributed by atoms with E-state index in [0.29, 0.717) is 10.3 Å². The van der Waals surface area contributed by atoms with Gasteiger partial charge in [-0.2, -0.15) is 18.3 Å². The summed E-state index contributed by atoms with van der Waals surface area (Å²) in [5.74, 6) is -2.51. The number of anilines is 1. The van der Waals surface area contributed by atoms with Crippen molar-refractivity contribution in [3.8, 4) is 11.3 Å². The van der Waals surface area contributed by atoms with Crippen molar-refractivity contribution in [3.05, 3.63) is 35.3 Å². The van der Waals surface area contributed by atoms with E-state index in [1.165, 1.54) is 12.3 Å². The zero-order valence-electron chi connectivity index (χ0n) is 16.3. The second-order valence-corrected chi connectivity index (χ2v) is 8.42. The average molecular weight is 467 g/mol. The van der Waals surface area contributed by atoms with Crippen LogP contribution in [0.3, 0.4) is 0 Å². The second kappa shape index (κ2) is 7.19. The summed E-state index contributed by atoms with van der Waals surface area (Å²) in [4.78, 5) is 21.0. The number of H-pyrrole nitrogens is 1. The Bertz CT molecular complexity index is 1380. The number of halogens is 5. The molecule has 1 saturated carbocycles. The highest BCUT2D eigenvalue weighted by Gasteiger charge is 2.44. The smallest absolute Gasteiger partial charge is 0.302 e. The normalized spacial score (nSPS) is 18.4. The molecule has 4 aromatic rings. The molecule has 2 atom stereocenters. The SMILES string of the molecule is CCc1c(F)c(C(F)(F)F)c2[nH]ncc2c1-c1ccc2nc(NC(=O)[C@@H]3C[C@@H]3F)sc2n1. The van der Waals surface area contributed by atoms with Crippen molar-refractivity contribution in [2.45, 2.75) is 32.1 Å². The number of hydrogen-bond acceptors (Lipinski definition) is 5. The van der Waals surface area contributed by atoms with Crippen LogP contribution in [0.4, 0.5) is 27.1 Å². The third-order valence-corrected chi connectivity index (χ3v) is 6.25. The van der Waals surface area contributed by atoms with Gasteiger partial charge in [0.2, 0.25) is 5.91 Å². The molecule has 12 heteroatoms. The molecule has 5 rings (SSSR count). The summed E-state index contributed by atoms with van der Waals surface area (Å²) in [5, 5.41) is 8.84. The van der Waals surface area contributed by atoms with Crippen LogP contribution in [0.2, 0.25) is 0 Å². The summed E-state index contributed by atoms with van der Waals surface area (Å²) in [7, 11) is 0. The van der Waals surface area contributed by atoms with Crippen LogP contribution in [0.1, 0.15) is 24.5 Å². The van der Waals surface area contributed by atoms with Gasteiger partial charge in [-0.25, -0.2) is 18.7 Å². The fraction of sp³-hybridized carbons (Fsp3) is 0.300. The number of nitrogens with zero attached hydrogens (tertiary/aromatic N) is 3. The first-order valence-corrected chi connectivity index (χ1v) is 10.5. The number of fused-ring (bicyclic) bond motifs is 2. The second-order valence-electron chi connectivity index (χ2n) is 7.44. The molecule has 0 unspecified atom stereocenters. The number of nitrogens with one attached hydrogen (secondary N) is 2. The molecule has 32 heavy (non-hydrogen) atoms. The van der Waals surface area contributed by atoms with E-state index >= 15 is 4.39 Å². The lowest BCUT2D eigenvalue weighted by atomic mass is 9.93. The van der Waals surface area contributed by atoms with Gasteiger partial charge in [0.25, 0.3) is 0 Å². The molecule has 0 radical (unpaired) electrons. The summed E-state index contributed by atoms with van der Waals surface area (Å²) in [6.45, 7) is 1.56. The summed E-state index contributed by atoms with van der Waals surface area (Å²) in [5.41, 5.74) is -1.07. The van der Waals surface area contributed by atoms with Crippen LogP contribution in [0.25, 0.3) is 32.5 Å². The molecular weight excluding hydrogens is 453 g/mol. The van der Waals surface area contributed by atoms with Crippen LogP contribution in [0, 0.1) is 11.7 Å². The lowest BCUT2D eigenvalue weighted by Crippen LogP contribution is -2.14. The molecule has 1 aliphatic rings. The van der Waals surface area contributed by atoms with Gasteiger partial charge in [0, 0.05) is 10.9 Å². The molecule has 0 aliphatic heterocycles. The largest absolute Gasteiger partial charge is 0.421 e. The molecular formula is C20H14F5N5OS. The lowest BCUT2D eigenvalue weighted by molar-refractivity contribution is -0.138. The van der Waals surface area contributed by atoms with E-state index in [0.717, 1.165) is 11.3 Å².